The highest BCUT2D eigenvalue weighted by molar-refractivity contribution is 5.94. The van der Waals surface area contributed by atoms with Crippen molar-refractivity contribution in [1.29, 1.82) is 0 Å². The lowest BCUT2D eigenvalue weighted by molar-refractivity contribution is 0.0937. The van der Waals surface area contributed by atoms with E-state index in [1.807, 2.05) is 56.3 Å². The lowest BCUT2D eigenvalue weighted by atomic mass is 10.1. The van der Waals surface area contributed by atoms with E-state index in [1.165, 1.54) is 19.3 Å². The van der Waals surface area contributed by atoms with Gasteiger partial charge in [0.25, 0.3) is 5.91 Å². The molecule has 0 spiro atoms. The maximum atomic E-state index is 12.7. The minimum Gasteiger partial charge on any atom is -0.342 e. The van der Waals surface area contributed by atoms with Gasteiger partial charge in [0.2, 0.25) is 0 Å². The molecule has 1 atom stereocenters. The van der Waals surface area contributed by atoms with Gasteiger partial charge in [-0.15, -0.1) is 0 Å². The Balaban J connectivity index is 1.82. The molecule has 0 saturated carbocycles. The molecule has 0 radical (unpaired) electrons. The molecular weight excluding hydrogens is 334 g/mol. The lowest BCUT2D eigenvalue weighted by Crippen LogP contribution is -2.28. The van der Waals surface area contributed by atoms with E-state index in [-0.39, 0.29) is 11.9 Å². The first-order valence-electron chi connectivity index (χ1n) is 9.93. The Morgan fingerprint density at radius 3 is 2.70 bits per heavy atom. The third kappa shape index (κ3) is 4.57. The summed E-state index contributed by atoms with van der Waals surface area (Å²) in [5, 5.41) is 3.12. The molecule has 1 unspecified atom stereocenters. The molecule has 27 heavy (non-hydrogen) atoms. The molecule has 4 nitrogen and oxygen atoms in total. The highest BCUT2D eigenvalue weighted by Gasteiger charge is 2.19. The zero-order valence-electron chi connectivity index (χ0n) is 16.5. The van der Waals surface area contributed by atoms with E-state index in [4.69, 9.17) is 4.98 Å². The SMILES string of the molecule is CCCCCCn1c(C(C)NC(=O)c2cccc(C)c2)nc2ccccc21. The predicted octanol–water partition coefficient (Wildman–Crippen LogP) is 5.42. The first kappa shape index (κ1) is 19.2. The molecule has 3 aromatic rings. The molecule has 1 heterocycles. The number of carbonyl (C=O) groups excluding carboxylic acids is 1. The standard InChI is InChI=1S/C23H29N3O/c1-4-5-6-9-15-26-21-14-8-7-13-20(21)25-22(26)18(3)24-23(27)19-12-10-11-17(2)16-19/h7-8,10-14,16,18H,4-6,9,15H2,1-3H3,(H,24,27). The fraction of sp³-hybridized carbons (Fsp3) is 0.391. The molecule has 142 valence electrons. The Morgan fingerprint density at radius 2 is 1.93 bits per heavy atom. The minimum absolute atomic E-state index is 0.0595. The van der Waals surface area contributed by atoms with Crippen molar-refractivity contribution in [3.05, 3.63) is 65.5 Å². The number of amides is 1. The molecule has 0 saturated heterocycles. The summed E-state index contributed by atoms with van der Waals surface area (Å²) in [5.74, 6) is 0.865. The predicted molar refractivity (Wildman–Crippen MR) is 111 cm³/mol. The largest absolute Gasteiger partial charge is 0.342 e. The molecule has 1 N–H and O–H groups in total. The van der Waals surface area contributed by atoms with Gasteiger partial charge in [0.1, 0.15) is 5.82 Å². The molecule has 2 aromatic carbocycles. The van der Waals surface area contributed by atoms with Gasteiger partial charge in [-0.3, -0.25) is 4.79 Å². The highest BCUT2D eigenvalue weighted by atomic mass is 16.1. The third-order valence-electron chi connectivity index (χ3n) is 4.93. The second-order valence-corrected chi connectivity index (χ2v) is 7.24. The van der Waals surface area contributed by atoms with E-state index in [2.05, 4.69) is 22.9 Å². The number of hydrogen-bond donors (Lipinski definition) is 1. The molecule has 0 fully saturated rings. The summed E-state index contributed by atoms with van der Waals surface area (Å²) in [5.41, 5.74) is 3.89. The Kier molecular flexibility index (Phi) is 6.28. The van der Waals surface area contributed by atoms with Crippen molar-refractivity contribution in [1.82, 2.24) is 14.9 Å². The van der Waals surface area contributed by atoms with Gasteiger partial charge in [0, 0.05) is 12.1 Å². The highest BCUT2D eigenvalue weighted by Crippen LogP contribution is 2.22. The fourth-order valence-corrected chi connectivity index (χ4v) is 3.49. The molecule has 0 aliphatic rings. The van der Waals surface area contributed by atoms with Gasteiger partial charge in [-0.1, -0.05) is 56.0 Å². The lowest BCUT2D eigenvalue weighted by Gasteiger charge is -2.16. The van der Waals surface area contributed by atoms with E-state index in [9.17, 15) is 4.79 Å². The van der Waals surface area contributed by atoms with Crippen molar-refractivity contribution in [3.8, 4) is 0 Å². The number of fused-ring (bicyclic) bond motifs is 1. The van der Waals surface area contributed by atoms with Crippen LogP contribution in [0.4, 0.5) is 0 Å². The van der Waals surface area contributed by atoms with E-state index >= 15 is 0 Å². The van der Waals surface area contributed by atoms with Gasteiger partial charge in [0.05, 0.1) is 17.1 Å². The molecule has 0 bridgehead atoms. The zero-order chi connectivity index (χ0) is 19.2. The molecule has 1 aromatic heterocycles. The summed E-state index contributed by atoms with van der Waals surface area (Å²) < 4.78 is 2.27. The quantitative estimate of drug-likeness (QED) is 0.544. The van der Waals surface area contributed by atoms with Crippen LogP contribution in [0.15, 0.2) is 48.5 Å². The molecule has 4 heteroatoms. The molecule has 3 rings (SSSR count). The summed E-state index contributed by atoms with van der Waals surface area (Å²) in [6.07, 6.45) is 4.81. The number of aryl methyl sites for hydroxylation is 2. The van der Waals surface area contributed by atoms with Crippen LogP contribution in [0.3, 0.4) is 0 Å². The van der Waals surface area contributed by atoms with E-state index in [0.717, 1.165) is 35.4 Å². The van der Waals surface area contributed by atoms with Gasteiger partial charge < -0.3 is 9.88 Å². The van der Waals surface area contributed by atoms with Crippen molar-refractivity contribution >= 4 is 16.9 Å². The van der Waals surface area contributed by atoms with Crippen LogP contribution in [-0.2, 0) is 6.54 Å². The van der Waals surface area contributed by atoms with Crippen LogP contribution in [0.5, 0.6) is 0 Å². The van der Waals surface area contributed by atoms with Crippen molar-refractivity contribution in [2.45, 2.75) is 59.0 Å². The number of imidazole rings is 1. The second-order valence-electron chi connectivity index (χ2n) is 7.24. The number of benzene rings is 2. The smallest absolute Gasteiger partial charge is 0.251 e. The molecular formula is C23H29N3O. The van der Waals surface area contributed by atoms with E-state index < -0.39 is 0 Å². The summed E-state index contributed by atoms with van der Waals surface area (Å²) >= 11 is 0. The van der Waals surface area contributed by atoms with Crippen molar-refractivity contribution in [2.75, 3.05) is 0 Å². The summed E-state index contributed by atoms with van der Waals surface area (Å²) in [4.78, 5) is 17.5. The number of para-hydroxylation sites is 2. The maximum absolute atomic E-state index is 12.7. The monoisotopic (exact) mass is 363 g/mol. The average molecular weight is 364 g/mol. The topological polar surface area (TPSA) is 46.9 Å². The number of nitrogens with one attached hydrogen (secondary N) is 1. The Morgan fingerprint density at radius 1 is 1.11 bits per heavy atom. The van der Waals surface area contributed by atoms with Crippen LogP contribution in [0.1, 0.15) is 67.3 Å². The van der Waals surface area contributed by atoms with Gasteiger partial charge in [-0.05, 0) is 44.5 Å². The van der Waals surface area contributed by atoms with Crippen molar-refractivity contribution in [3.63, 3.8) is 0 Å². The molecule has 1 amide bonds. The average Bonchev–Trinajstić information content (AvgIpc) is 3.04. The number of rotatable bonds is 8. The first-order chi connectivity index (χ1) is 13.1. The van der Waals surface area contributed by atoms with Crippen LogP contribution in [0.25, 0.3) is 11.0 Å². The summed E-state index contributed by atoms with van der Waals surface area (Å²) in [7, 11) is 0. The van der Waals surface area contributed by atoms with Crippen molar-refractivity contribution in [2.24, 2.45) is 0 Å². The minimum atomic E-state index is -0.156. The number of carbonyl (C=O) groups is 1. The van der Waals surface area contributed by atoms with E-state index in [1.54, 1.807) is 0 Å². The van der Waals surface area contributed by atoms with E-state index in [0.29, 0.717) is 5.56 Å². The maximum Gasteiger partial charge on any atom is 0.251 e. The Hall–Kier alpha value is -2.62. The summed E-state index contributed by atoms with van der Waals surface area (Å²) in [6.45, 7) is 7.16. The van der Waals surface area contributed by atoms with Crippen LogP contribution in [-0.4, -0.2) is 15.5 Å². The van der Waals surface area contributed by atoms with Gasteiger partial charge in [-0.25, -0.2) is 4.98 Å². The Bertz CT molecular complexity index is 913. The third-order valence-corrected chi connectivity index (χ3v) is 4.93. The number of unbranched alkanes of at least 4 members (excludes halogenated alkanes) is 3. The second kappa shape index (κ2) is 8.85. The molecule has 0 aliphatic carbocycles. The van der Waals surface area contributed by atoms with Crippen LogP contribution >= 0.6 is 0 Å². The van der Waals surface area contributed by atoms with Crippen LogP contribution in [0, 0.1) is 6.92 Å². The van der Waals surface area contributed by atoms with Gasteiger partial charge >= 0.3 is 0 Å². The first-order valence-corrected chi connectivity index (χ1v) is 9.93. The normalized spacial score (nSPS) is 12.3. The summed E-state index contributed by atoms with van der Waals surface area (Å²) in [6, 6.07) is 15.7. The fourth-order valence-electron chi connectivity index (χ4n) is 3.49. The zero-order valence-corrected chi connectivity index (χ0v) is 16.5. The number of aromatic nitrogens is 2. The van der Waals surface area contributed by atoms with Gasteiger partial charge in [0.15, 0.2) is 0 Å². The van der Waals surface area contributed by atoms with Crippen LogP contribution < -0.4 is 5.32 Å². The van der Waals surface area contributed by atoms with Crippen LogP contribution in [0.2, 0.25) is 0 Å². The number of hydrogen-bond acceptors (Lipinski definition) is 2. The molecule has 0 aliphatic heterocycles. The van der Waals surface area contributed by atoms with Gasteiger partial charge in [-0.2, -0.15) is 0 Å². The van der Waals surface area contributed by atoms with Crippen molar-refractivity contribution < 1.29 is 4.79 Å². The number of nitrogens with zero attached hydrogens (tertiary/aromatic N) is 2. The Labute approximate surface area is 161 Å².